The third-order valence-electron chi connectivity index (χ3n) is 7.44. The highest BCUT2D eigenvalue weighted by atomic mass is 16.3. The number of nitrogens with zero attached hydrogens (tertiary/aromatic N) is 2. The predicted octanol–water partition coefficient (Wildman–Crippen LogP) is 2.52. The van der Waals surface area contributed by atoms with E-state index < -0.39 is 6.10 Å². The monoisotopic (exact) mass is 448 g/mol. The van der Waals surface area contributed by atoms with Gasteiger partial charge < -0.3 is 20.6 Å². The number of hydrogen-bond acceptors (Lipinski definition) is 5. The summed E-state index contributed by atoms with van der Waals surface area (Å²) in [4.78, 5) is 17.2. The molecule has 1 amide bonds. The number of amides is 1. The Morgan fingerprint density at radius 2 is 1.79 bits per heavy atom. The number of anilines is 1. The minimum Gasteiger partial charge on any atom is -0.390 e. The highest BCUT2D eigenvalue weighted by molar-refractivity contribution is 5.97. The summed E-state index contributed by atoms with van der Waals surface area (Å²) >= 11 is 0. The van der Waals surface area contributed by atoms with Crippen molar-refractivity contribution in [2.24, 2.45) is 5.92 Å². The lowest BCUT2D eigenvalue weighted by Gasteiger charge is -2.34. The molecule has 3 heterocycles. The number of carbonyl (C=O) groups excluding carboxylic acids is 1. The molecule has 1 atom stereocenters. The van der Waals surface area contributed by atoms with Crippen LogP contribution in [0.5, 0.6) is 0 Å². The number of fused-ring (bicyclic) bond motifs is 2. The first kappa shape index (κ1) is 22.4. The summed E-state index contributed by atoms with van der Waals surface area (Å²) in [6, 6.07) is 14.7. The molecule has 0 radical (unpaired) electrons. The number of hydrogen-bond donors (Lipinski definition) is 3. The number of aliphatic hydroxyl groups excluding tert-OH is 1. The van der Waals surface area contributed by atoms with Crippen molar-refractivity contribution in [2.45, 2.75) is 38.3 Å². The van der Waals surface area contributed by atoms with Crippen LogP contribution in [0, 0.1) is 5.92 Å². The lowest BCUT2D eigenvalue weighted by Crippen LogP contribution is -2.46. The van der Waals surface area contributed by atoms with Crippen LogP contribution in [0.3, 0.4) is 0 Å². The molecule has 0 bridgehead atoms. The molecule has 0 aliphatic carbocycles. The fraction of sp³-hybridized carbons (Fsp3) is 0.519. The van der Waals surface area contributed by atoms with Gasteiger partial charge in [-0.05, 0) is 79.6 Å². The Labute approximate surface area is 197 Å². The second kappa shape index (κ2) is 10.2. The second-order valence-electron chi connectivity index (χ2n) is 9.86. The first-order valence-electron chi connectivity index (χ1n) is 12.5. The van der Waals surface area contributed by atoms with Gasteiger partial charge in [-0.15, -0.1) is 0 Å². The van der Waals surface area contributed by atoms with Gasteiger partial charge in [0.05, 0.1) is 6.10 Å². The average Bonchev–Trinajstić information content (AvgIpc) is 2.85. The summed E-state index contributed by atoms with van der Waals surface area (Å²) in [6.45, 7) is 6.71. The fourth-order valence-electron chi connectivity index (χ4n) is 5.49. The zero-order valence-corrected chi connectivity index (χ0v) is 19.4. The largest absolute Gasteiger partial charge is 0.390 e. The van der Waals surface area contributed by atoms with E-state index in [0.29, 0.717) is 25.6 Å². The Morgan fingerprint density at radius 3 is 2.64 bits per heavy atom. The van der Waals surface area contributed by atoms with Crippen molar-refractivity contribution in [2.75, 3.05) is 51.1 Å². The quantitative estimate of drug-likeness (QED) is 0.607. The van der Waals surface area contributed by atoms with E-state index in [0.717, 1.165) is 62.4 Å². The highest BCUT2D eigenvalue weighted by Crippen LogP contribution is 2.24. The maximum Gasteiger partial charge on any atom is 0.254 e. The molecule has 6 nitrogen and oxygen atoms in total. The summed E-state index contributed by atoms with van der Waals surface area (Å²) in [5.41, 5.74) is 5.78. The maximum atomic E-state index is 13.1. The second-order valence-corrected chi connectivity index (χ2v) is 9.86. The Hall–Kier alpha value is -2.41. The number of nitrogens with one attached hydrogen (secondary N) is 2. The maximum absolute atomic E-state index is 13.1. The van der Waals surface area contributed by atoms with E-state index in [1.807, 2.05) is 17.0 Å². The number of rotatable bonds is 7. The van der Waals surface area contributed by atoms with E-state index in [-0.39, 0.29) is 5.91 Å². The minimum atomic E-state index is -0.535. The molecular weight excluding hydrogens is 412 g/mol. The molecule has 3 aliphatic rings. The normalized spacial score (nSPS) is 20.3. The Morgan fingerprint density at radius 1 is 1.00 bits per heavy atom. The van der Waals surface area contributed by atoms with Crippen LogP contribution in [0.4, 0.5) is 5.69 Å². The molecular formula is C27H36N4O2. The van der Waals surface area contributed by atoms with Gasteiger partial charge in [-0.3, -0.25) is 9.69 Å². The van der Waals surface area contributed by atoms with Gasteiger partial charge in [-0.2, -0.15) is 0 Å². The molecule has 33 heavy (non-hydrogen) atoms. The van der Waals surface area contributed by atoms with Gasteiger partial charge in [0.1, 0.15) is 0 Å². The lowest BCUT2D eigenvalue weighted by molar-refractivity contribution is 0.0493. The first-order valence-corrected chi connectivity index (χ1v) is 12.5. The van der Waals surface area contributed by atoms with E-state index in [2.05, 4.69) is 45.9 Å². The third-order valence-corrected chi connectivity index (χ3v) is 7.44. The molecule has 6 heteroatoms. The van der Waals surface area contributed by atoms with Crippen LogP contribution in [0.15, 0.2) is 42.5 Å². The van der Waals surface area contributed by atoms with Gasteiger partial charge in [0, 0.05) is 50.5 Å². The SMILES string of the molecule is O=C1c2ccc(NCC3CCNCC3)cc2CCN1C[C@H](O)CN1CCc2ccccc2C1. The van der Waals surface area contributed by atoms with Gasteiger partial charge >= 0.3 is 0 Å². The van der Waals surface area contributed by atoms with E-state index in [1.165, 1.54) is 24.0 Å². The molecule has 0 unspecified atom stereocenters. The summed E-state index contributed by atoms with van der Waals surface area (Å²) < 4.78 is 0. The van der Waals surface area contributed by atoms with Gasteiger partial charge in [-0.25, -0.2) is 0 Å². The molecule has 176 valence electrons. The van der Waals surface area contributed by atoms with Crippen LogP contribution < -0.4 is 10.6 Å². The zero-order valence-electron chi connectivity index (χ0n) is 19.4. The summed E-state index contributed by atoms with van der Waals surface area (Å²) in [6.07, 6.45) is 3.77. The smallest absolute Gasteiger partial charge is 0.254 e. The van der Waals surface area contributed by atoms with E-state index in [1.54, 1.807) is 0 Å². The van der Waals surface area contributed by atoms with Crippen molar-refractivity contribution in [1.29, 1.82) is 0 Å². The standard InChI is InChI=1S/C27H36N4O2/c32-25(18-30-13-9-21-3-1-2-4-23(21)17-30)19-31-14-10-22-15-24(5-6-26(22)27(31)33)29-16-20-7-11-28-12-8-20/h1-6,15,20,25,28-29,32H,7-14,16-19H2/t25-/m1/s1. The van der Waals surface area contributed by atoms with Gasteiger partial charge in [-0.1, -0.05) is 24.3 Å². The molecule has 3 N–H and O–H groups in total. The van der Waals surface area contributed by atoms with Crippen molar-refractivity contribution in [3.63, 3.8) is 0 Å². The van der Waals surface area contributed by atoms with Crippen molar-refractivity contribution >= 4 is 11.6 Å². The molecule has 5 rings (SSSR count). The predicted molar refractivity (Wildman–Crippen MR) is 132 cm³/mol. The molecule has 3 aliphatic heterocycles. The van der Waals surface area contributed by atoms with E-state index in [9.17, 15) is 9.90 Å². The number of carbonyl (C=O) groups is 1. The lowest BCUT2D eigenvalue weighted by atomic mass is 9.96. The summed E-state index contributed by atoms with van der Waals surface area (Å²) in [5.74, 6) is 0.762. The van der Waals surface area contributed by atoms with E-state index >= 15 is 0 Å². The van der Waals surface area contributed by atoms with Crippen LogP contribution in [0.2, 0.25) is 0 Å². The van der Waals surface area contributed by atoms with Crippen molar-refractivity contribution in [3.8, 4) is 0 Å². The van der Waals surface area contributed by atoms with Gasteiger partial charge in [0.15, 0.2) is 0 Å². The highest BCUT2D eigenvalue weighted by Gasteiger charge is 2.27. The Bertz CT molecular complexity index is 972. The zero-order chi connectivity index (χ0) is 22.6. The van der Waals surface area contributed by atoms with Crippen molar-refractivity contribution in [1.82, 2.24) is 15.1 Å². The average molecular weight is 449 g/mol. The van der Waals surface area contributed by atoms with Crippen molar-refractivity contribution < 1.29 is 9.90 Å². The van der Waals surface area contributed by atoms with Crippen LogP contribution in [0.1, 0.15) is 39.9 Å². The van der Waals surface area contributed by atoms with Crippen LogP contribution in [0.25, 0.3) is 0 Å². The summed E-state index contributed by atoms with van der Waals surface area (Å²) in [7, 11) is 0. The molecule has 0 saturated carbocycles. The molecule has 2 aromatic carbocycles. The van der Waals surface area contributed by atoms with Crippen molar-refractivity contribution in [3.05, 3.63) is 64.7 Å². The Balaban J connectivity index is 1.14. The summed E-state index contributed by atoms with van der Waals surface area (Å²) in [5, 5.41) is 17.7. The van der Waals surface area contributed by atoms with Crippen LogP contribution in [-0.4, -0.2) is 72.7 Å². The number of β-amino-alcohol motifs (C(OH)–C–C–N with tert-alkyl or cyclic N) is 1. The third kappa shape index (κ3) is 5.40. The van der Waals surface area contributed by atoms with Crippen LogP contribution >= 0.6 is 0 Å². The number of benzene rings is 2. The first-order chi connectivity index (χ1) is 16.2. The van der Waals surface area contributed by atoms with Gasteiger partial charge in [0.2, 0.25) is 0 Å². The van der Waals surface area contributed by atoms with Crippen LogP contribution in [-0.2, 0) is 19.4 Å². The van der Waals surface area contributed by atoms with E-state index in [4.69, 9.17) is 0 Å². The molecule has 1 fully saturated rings. The molecule has 0 aromatic heterocycles. The number of aliphatic hydroxyl groups is 1. The minimum absolute atomic E-state index is 0.0456. The molecule has 1 saturated heterocycles. The van der Waals surface area contributed by atoms with Gasteiger partial charge in [0.25, 0.3) is 5.91 Å². The fourth-order valence-corrected chi connectivity index (χ4v) is 5.49. The molecule has 2 aromatic rings. The topological polar surface area (TPSA) is 67.8 Å². The Kier molecular flexibility index (Phi) is 6.95. The molecule has 0 spiro atoms. The number of piperidine rings is 1.